The summed E-state index contributed by atoms with van der Waals surface area (Å²) in [7, 11) is 0. The number of hydrogen-bond acceptors (Lipinski definition) is 2. The van der Waals surface area contributed by atoms with E-state index in [1.807, 2.05) is 0 Å². The van der Waals surface area contributed by atoms with Crippen LogP contribution in [0.3, 0.4) is 0 Å². The first-order valence-electron chi connectivity index (χ1n) is 4.64. The van der Waals surface area contributed by atoms with E-state index in [9.17, 15) is 13.6 Å². The minimum Gasteiger partial charge on any atom is -0.435 e. The van der Waals surface area contributed by atoms with E-state index in [4.69, 9.17) is 0 Å². The fourth-order valence-corrected chi connectivity index (χ4v) is 1.57. The van der Waals surface area contributed by atoms with Crippen molar-refractivity contribution in [1.82, 2.24) is 0 Å². The first kappa shape index (κ1) is 13.1. The highest BCUT2D eigenvalue weighted by molar-refractivity contribution is 9.09. The van der Waals surface area contributed by atoms with Gasteiger partial charge in [0.25, 0.3) is 0 Å². The van der Waals surface area contributed by atoms with E-state index in [1.165, 1.54) is 12.1 Å². The Hall–Kier alpha value is -0.970. The van der Waals surface area contributed by atoms with Gasteiger partial charge < -0.3 is 4.74 Å². The Balaban J connectivity index is 2.85. The minimum atomic E-state index is -2.85. The third kappa shape index (κ3) is 4.26. The van der Waals surface area contributed by atoms with Crippen molar-refractivity contribution < 1.29 is 18.3 Å². The summed E-state index contributed by atoms with van der Waals surface area (Å²) in [5.41, 5.74) is 1.47. The average molecular weight is 293 g/mol. The lowest BCUT2D eigenvalue weighted by Crippen LogP contribution is -2.06. The Morgan fingerprint density at radius 3 is 2.69 bits per heavy atom. The number of rotatable bonds is 5. The zero-order valence-electron chi connectivity index (χ0n) is 8.67. The van der Waals surface area contributed by atoms with Gasteiger partial charge in [-0.2, -0.15) is 8.78 Å². The summed E-state index contributed by atoms with van der Waals surface area (Å²) in [4.78, 5) is 11.2. The van der Waals surface area contributed by atoms with Crippen LogP contribution in [-0.4, -0.2) is 17.7 Å². The molecule has 0 amide bonds. The number of halogens is 3. The summed E-state index contributed by atoms with van der Waals surface area (Å²) >= 11 is 3.05. The van der Waals surface area contributed by atoms with Gasteiger partial charge in [0.1, 0.15) is 11.5 Å². The first-order chi connectivity index (χ1) is 7.51. The maximum absolute atomic E-state index is 12.0. The van der Waals surface area contributed by atoms with Crippen LogP contribution in [0.1, 0.15) is 11.1 Å². The maximum Gasteiger partial charge on any atom is 0.387 e. The molecule has 16 heavy (non-hydrogen) atoms. The van der Waals surface area contributed by atoms with Crippen molar-refractivity contribution in [3.05, 3.63) is 29.3 Å². The number of Topliss-reactive ketones (excluding diaryl/α,β-unsaturated/α-hetero) is 1. The summed E-state index contributed by atoms with van der Waals surface area (Å²) in [6, 6.07) is 4.74. The molecule has 2 nitrogen and oxygen atoms in total. The summed E-state index contributed by atoms with van der Waals surface area (Å²) < 4.78 is 28.3. The summed E-state index contributed by atoms with van der Waals surface area (Å²) in [6.45, 7) is -1.08. The lowest BCUT2D eigenvalue weighted by atomic mass is 10.1. The first-order valence-corrected chi connectivity index (χ1v) is 5.76. The van der Waals surface area contributed by atoms with Crippen LogP contribution in [0.4, 0.5) is 8.78 Å². The van der Waals surface area contributed by atoms with Crippen LogP contribution in [0.25, 0.3) is 0 Å². The number of carbonyl (C=O) groups is 1. The largest absolute Gasteiger partial charge is 0.435 e. The van der Waals surface area contributed by atoms with Crippen molar-refractivity contribution in [3.8, 4) is 5.75 Å². The number of carbonyl (C=O) groups excluding carboxylic acids is 1. The lowest BCUT2D eigenvalue weighted by molar-refractivity contribution is -0.115. The normalized spacial score (nSPS) is 10.6. The van der Waals surface area contributed by atoms with Crippen molar-refractivity contribution in [2.24, 2.45) is 0 Å². The smallest absolute Gasteiger partial charge is 0.387 e. The molecule has 0 aliphatic heterocycles. The van der Waals surface area contributed by atoms with E-state index >= 15 is 0 Å². The molecule has 0 unspecified atom stereocenters. The van der Waals surface area contributed by atoms with Gasteiger partial charge in [0.15, 0.2) is 0 Å². The van der Waals surface area contributed by atoms with E-state index in [0.717, 1.165) is 5.56 Å². The van der Waals surface area contributed by atoms with Gasteiger partial charge in [-0.05, 0) is 30.2 Å². The van der Waals surface area contributed by atoms with Crippen LogP contribution in [0.5, 0.6) is 5.75 Å². The highest BCUT2D eigenvalue weighted by Crippen LogP contribution is 2.19. The van der Waals surface area contributed by atoms with Gasteiger partial charge in [-0.1, -0.05) is 22.0 Å². The molecule has 0 bridgehead atoms. The molecule has 0 atom stereocenters. The molecule has 0 aliphatic carbocycles. The van der Waals surface area contributed by atoms with Gasteiger partial charge >= 0.3 is 6.61 Å². The molecule has 1 rings (SSSR count). The predicted octanol–water partition coefficient (Wildman–Crippen LogP) is 3.10. The molecule has 0 radical (unpaired) electrons. The Bertz CT molecular complexity index is 380. The number of ketones is 1. The van der Waals surface area contributed by atoms with Crippen LogP contribution < -0.4 is 4.74 Å². The highest BCUT2D eigenvalue weighted by atomic mass is 79.9. The predicted molar refractivity (Wildman–Crippen MR) is 60.3 cm³/mol. The van der Waals surface area contributed by atoms with Crippen LogP contribution >= 0.6 is 15.9 Å². The molecular weight excluding hydrogens is 282 g/mol. The van der Waals surface area contributed by atoms with Crippen molar-refractivity contribution in [2.45, 2.75) is 20.0 Å². The number of benzene rings is 1. The van der Waals surface area contributed by atoms with Crippen molar-refractivity contribution >= 4 is 21.7 Å². The fraction of sp³-hybridized carbons (Fsp3) is 0.364. The molecule has 0 aliphatic rings. The van der Waals surface area contributed by atoms with Gasteiger partial charge in [0, 0.05) is 6.42 Å². The molecular formula is C11H11BrF2O2. The molecule has 88 valence electrons. The van der Waals surface area contributed by atoms with Crippen molar-refractivity contribution in [2.75, 3.05) is 5.33 Å². The zero-order chi connectivity index (χ0) is 12.1. The van der Waals surface area contributed by atoms with E-state index in [-0.39, 0.29) is 23.3 Å². The standard InChI is InChI=1S/C11H11BrF2O2/c1-7-2-8(4-9(15)6-12)5-10(3-7)16-11(13)14/h2-3,5,11H,4,6H2,1H3. The molecule has 0 heterocycles. The highest BCUT2D eigenvalue weighted by Gasteiger charge is 2.08. The fourth-order valence-electron chi connectivity index (χ4n) is 1.37. The van der Waals surface area contributed by atoms with E-state index in [1.54, 1.807) is 13.0 Å². The summed E-state index contributed by atoms with van der Waals surface area (Å²) in [6.07, 6.45) is 0.215. The van der Waals surface area contributed by atoms with E-state index in [0.29, 0.717) is 5.56 Å². The quantitative estimate of drug-likeness (QED) is 0.780. The maximum atomic E-state index is 12.0. The summed E-state index contributed by atoms with van der Waals surface area (Å²) in [5.74, 6) is 0.0842. The van der Waals surface area contributed by atoms with Gasteiger partial charge in [-0.25, -0.2) is 0 Å². The van der Waals surface area contributed by atoms with Gasteiger partial charge in [0.05, 0.1) is 5.33 Å². The SMILES string of the molecule is Cc1cc(CC(=O)CBr)cc(OC(F)F)c1. The topological polar surface area (TPSA) is 26.3 Å². The number of aryl methyl sites for hydroxylation is 1. The molecule has 0 aromatic heterocycles. The number of hydrogen-bond donors (Lipinski definition) is 0. The van der Waals surface area contributed by atoms with Crippen LogP contribution in [0.15, 0.2) is 18.2 Å². The molecule has 0 N–H and O–H groups in total. The lowest BCUT2D eigenvalue weighted by Gasteiger charge is -2.08. The third-order valence-electron chi connectivity index (χ3n) is 1.89. The Morgan fingerprint density at radius 2 is 2.12 bits per heavy atom. The van der Waals surface area contributed by atoms with Crippen LogP contribution in [0.2, 0.25) is 0 Å². The van der Waals surface area contributed by atoms with Gasteiger partial charge in [-0.3, -0.25) is 4.79 Å². The minimum absolute atomic E-state index is 0.00593. The van der Waals surface area contributed by atoms with E-state index < -0.39 is 6.61 Å². The Labute approximate surface area is 101 Å². The average Bonchev–Trinajstić information content (AvgIpc) is 2.15. The molecule has 0 saturated heterocycles. The summed E-state index contributed by atoms with van der Waals surface area (Å²) in [5, 5.41) is 0.256. The van der Waals surface area contributed by atoms with Gasteiger partial charge in [0.2, 0.25) is 0 Å². The Morgan fingerprint density at radius 1 is 1.44 bits per heavy atom. The van der Waals surface area contributed by atoms with E-state index in [2.05, 4.69) is 20.7 Å². The van der Waals surface area contributed by atoms with Crippen molar-refractivity contribution in [3.63, 3.8) is 0 Å². The second-order valence-electron chi connectivity index (χ2n) is 3.38. The zero-order valence-corrected chi connectivity index (χ0v) is 10.3. The Kier molecular flexibility index (Phi) is 4.86. The van der Waals surface area contributed by atoms with Crippen molar-refractivity contribution in [1.29, 1.82) is 0 Å². The molecule has 0 fully saturated rings. The molecule has 1 aromatic rings. The second-order valence-corrected chi connectivity index (χ2v) is 3.94. The molecule has 5 heteroatoms. The number of alkyl halides is 3. The molecule has 0 saturated carbocycles. The van der Waals surface area contributed by atoms with Gasteiger partial charge in [-0.15, -0.1) is 0 Å². The van der Waals surface area contributed by atoms with Crippen LogP contribution in [0, 0.1) is 6.92 Å². The second kappa shape index (κ2) is 5.94. The number of ether oxygens (including phenoxy) is 1. The van der Waals surface area contributed by atoms with Crippen LogP contribution in [-0.2, 0) is 11.2 Å². The molecule has 1 aromatic carbocycles. The molecule has 0 spiro atoms. The third-order valence-corrected chi connectivity index (χ3v) is 2.51. The monoisotopic (exact) mass is 292 g/mol.